The lowest BCUT2D eigenvalue weighted by Crippen LogP contribution is -2.61. The normalized spacial score (nSPS) is 34.1. The van der Waals surface area contributed by atoms with Crippen molar-refractivity contribution in [3.05, 3.63) is 0 Å². The predicted molar refractivity (Wildman–Crippen MR) is 72.9 cm³/mol. The Hall–Kier alpha value is -0.620. The summed E-state index contributed by atoms with van der Waals surface area (Å²) in [5, 5.41) is 8.98. The molecule has 0 aromatic carbocycles. The van der Waals surface area contributed by atoms with Crippen molar-refractivity contribution in [3.63, 3.8) is 0 Å². The average Bonchev–Trinajstić information content (AvgIpc) is 2.60. The van der Waals surface area contributed by atoms with Crippen LogP contribution in [0.3, 0.4) is 0 Å². The molecule has 0 radical (unpaired) electrons. The van der Waals surface area contributed by atoms with E-state index in [0.717, 1.165) is 25.7 Å². The molecule has 2 unspecified atom stereocenters. The summed E-state index contributed by atoms with van der Waals surface area (Å²) in [5.74, 6) is -0.956. The first-order valence-corrected chi connectivity index (χ1v) is 9.02. The number of carbonyl (C=O) groups is 1. The van der Waals surface area contributed by atoms with Gasteiger partial charge in [-0.05, 0) is 45.2 Å². The lowest BCUT2D eigenvalue weighted by molar-refractivity contribution is -0.151. The maximum Gasteiger partial charge on any atom is 0.325 e. The molecular weight excluding hydrogens is 266 g/mol. The number of hydrogen-bond donors (Lipinski definition) is 1. The lowest BCUT2D eigenvalue weighted by atomic mass is 9.94. The van der Waals surface area contributed by atoms with E-state index >= 15 is 0 Å². The summed E-state index contributed by atoms with van der Waals surface area (Å²) in [7, 11) is -3.34. The fourth-order valence-corrected chi connectivity index (χ4v) is 5.41. The van der Waals surface area contributed by atoms with Gasteiger partial charge in [-0.2, -0.15) is 0 Å². The molecule has 2 atom stereocenters. The van der Waals surface area contributed by atoms with Crippen LogP contribution >= 0.6 is 0 Å². The molecule has 0 aromatic heterocycles. The highest BCUT2D eigenvalue weighted by Gasteiger charge is 2.57. The van der Waals surface area contributed by atoms with E-state index in [9.17, 15) is 18.3 Å². The van der Waals surface area contributed by atoms with E-state index in [-0.39, 0.29) is 0 Å². The van der Waals surface area contributed by atoms with E-state index in [0.29, 0.717) is 32.4 Å². The number of hydrogen-bond acceptors (Lipinski definition) is 4. The number of aliphatic carboxylic acids is 1. The molecule has 0 bridgehead atoms. The summed E-state index contributed by atoms with van der Waals surface area (Å²) in [6.07, 6.45) is 6.93. The summed E-state index contributed by atoms with van der Waals surface area (Å²) in [6, 6.07) is 0. The van der Waals surface area contributed by atoms with Gasteiger partial charge < -0.3 is 5.11 Å². The van der Waals surface area contributed by atoms with Crippen LogP contribution in [-0.4, -0.2) is 54.5 Å². The molecule has 2 fully saturated rings. The van der Waals surface area contributed by atoms with Crippen LogP contribution in [0, 0.1) is 0 Å². The van der Waals surface area contributed by atoms with Crippen LogP contribution < -0.4 is 0 Å². The molecule has 2 aliphatic rings. The van der Waals surface area contributed by atoms with Gasteiger partial charge >= 0.3 is 5.97 Å². The van der Waals surface area contributed by atoms with Gasteiger partial charge in [-0.1, -0.05) is 12.8 Å². The van der Waals surface area contributed by atoms with Gasteiger partial charge in [0.25, 0.3) is 0 Å². The number of nitrogens with zero attached hydrogens (tertiary/aromatic N) is 1. The third-order valence-corrected chi connectivity index (χ3v) is 6.27. The molecule has 1 saturated carbocycles. The van der Waals surface area contributed by atoms with Crippen molar-refractivity contribution in [1.29, 1.82) is 0 Å². The topological polar surface area (TPSA) is 74.7 Å². The van der Waals surface area contributed by atoms with Crippen LogP contribution in [0.1, 0.15) is 44.9 Å². The van der Waals surface area contributed by atoms with Gasteiger partial charge in [0.05, 0.1) is 5.25 Å². The predicted octanol–water partition coefficient (Wildman–Crippen LogP) is 1.28. The van der Waals surface area contributed by atoms with Gasteiger partial charge in [0.1, 0.15) is 5.54 Å². The van der Waals surface area contributed by atoms with Crippen LogP contribution in [0.5, 0.6) is 0 Å². The van der Waals surface area contributed by atoms with E-state index in [2.05, 4.69) is 0 Å². The van der Waals surface area contributed by atoms with Crippen molar-refractivity contribution in [3.8, 4) is 0 Å². The van der Waals surface area contributed by atoms with Gasteiger partial charge in [0.2, 0.25) is 0 Å². The molecule has 110 valence electrons. The maximum absolute atomic E-state index is 12.0. The largest absolute Gasteiger partial charge is 0.480 e. The van der Waals surface area contributed by atoms with Crippen LogP contribution in [0.25, 0.3) is 0 Å². The number of sulfone groups is 1. The molecule has 5 nitrogen and oxygen atoms in total. The first-order valence-electron chi connectivity index (χ1n) is 7.06. The lowest BCUT2D eigenvalue weighted by Gasteiger charge is -2.40. The highest BCUT2D eigenvalue weighted by atomic mass is 32.2. The molecule has 19 heavy (non-hydrogen) atoms. The minimum absolute atomic E-state index is 0.458. The Morgan fingerprint density at radius 3 is 2.21 bits per heavy atom. The van der Waals surface area contributed by atoms with Crippen molar-refractivity contribution >= 4 is 15.8 Å². The maximum atomic E-state index is 12.0. The standard InChI is InChI=1S/C13H23NO4S/c1-19(17,18)11-7-6-8-13(11,12(15)16)14-9-4-2-3-5-10-14/h11H,2-10H2,1H3,(H,15,16). The average molecular weight is 289 g/mol. The fraction of sp³-hybridized carbons (Fsp3) is 0.923. The first-order chi connectivity index (χ1) is 8.89. The zero-order valence-corrected chi connectivity index (χ0v) is 12.3. The Kier molecular flexibility index (Phi) is 4.20. The van der Waals surface area contributed by atoms with E-state index in [4.69, 9.17) is 0 Å². The summed E-state index contributed by atoms with van der Waals surface area (Å²) < 4.78 is 24.0. The molecule has 6 heteroatoms. The van der Waals surface area contributed by atoms with Gasteiger partial charge in [-0.25, -0.2) is 8.42 Å². The van der Waals surface area contributed by atoms with Crippen LogP contribution in [0.2, 0.25) is 0 Å². The summed E-state index contributed by atoms with van der Waals surface area (Å²) in [6.45, 7) is 1.41. The number of rotatable bonds is 3. The molecule has 2 rings (SSSR count). The second kappa shape index (κ2) is 5.40. The highest BCUT2D eigenvalue weighted by molar-refractivity contribution is 7.91. The molecule has 1 N–H and O–H groups in total. The molecule has 0 spiro atoms. The summed E-state index contributed by atoms with van der Waals surface area (Å²) in [5.41, 5.74) is -1.18. The van der Waals surface area contributed by atoms with E-state index in [1.807, 2.05) is 4.90 Å². The second-order valence-electron chi connectivity index (χ2n) is 5.84. The zero-order chi connectivity index (χ0) is 14.1. The number of likely N-dealkylation sites (tertiary alicyclic amines) is 1. The Balaban J connectivity index is 2.38. The van der Waals surface area contributed by atoms with Crippen molar-refractivity contribution in [2.24, 2.45) is 0 Å². The molecule has 1 aliphatic heterocycles. The molecule has 1 aliphatic carbocycles. The fourth-order valence-electron chi connectivity index (χ4n) is 3.74. The van der Waals surface area contributed by atoms with Crippen molar-refractivity contribution in [2.45, 2.75) is 55.7 Å². The Labute approximate surface area is 114 Å². The van der Waals surface area contributed by atoms with Gasteiger partial charge in [0.15, 0.2) is 9.84 Å². The molecule has 0 aromatic rings. The Bertz CT molecular complexity index is 440. The Morgan fingerprint density at radius 1 is 1.16 bits per heavy atom. The van der Waals surface area contributed by atoms with Gasteiger partial charge in [-0.3, -0.25) is 9.69 Å². The van der Waals surface area contributed by atoms with Crippen LogP contribution in [0.4, 0.5) is 0 Å². The third-order valence-electron chi connectivity index (χ3n) is 4.61. The molecular formula is C13H23NO4S. The zero-order valence-electron chi connectivity index (χ0n) is 11.5. The molecule has 1 saturated heterocycles. The van der Waals surface area contributed by atoms with E-state index < -0.39 is 26.6 Å². The minimum Gasteiger partial charge on any atom is -0.480 e. The monoisotopic (exact) mass is 289 g/mol. The first kappa shape index (κ1) is 14.8. The van der Waals surface area contributed by atoms with Crippen molar-refractivity contribution in [2.75, 3.05) is 19.3 Å². The Morgan fingerprint density at radius 2 is 1.74 bits per heavy atom. The smallest absolute Gasteiger partial charge is 0.325 e. The molecule has 0 amide bonds. The summed E-state index contributed by atoms with van der Waals surface area (Å²) in [4.78, 5) is 13.8. The second-order valence-corrected chi connectivity index (χ2v) is 8.07. The minimum atomic E-state index is -3.34. The van der Waals surface area contributed by atoms with Crippen molar-refractivity contribution < 1.29 is 18.3 Å². The van der Waals surface area contributed by atoms with E-state index in [1.54, 1.807) is 0 Å². The van der Waals surface area contributed by atoms with Crippen LogP contribution in [0.15, 0.2) is 0 Å². The van der Waals surface area contributed by atoms with Crippen molar-refractivity contribution in [1.82, 2.24) is 4.90 Å². The van der Waals surface area contributed by atoms with Gasteiger partial charge in [0, 0.05) is 6.26 Å². The SMILES string of the molecule is CS(=O)(=O)C1CCCC1(C(=O)O)N1CCCCCC1. The van der Waals surface area contributed by atoms with Crippen LogP contribution in [-0.2, 0) is 14.6 Å². The quantitative estimate of drug-likeness (QED) is 0.847. The van der Waals surface area contributed by atoms with E-state index in [1.165, 1.54) is 6.26 Å². The molecule has 1 heterocycles. The van der Waals surface area contributed by atoms with Gasteiger partial charge in [-0.15, -0.1) is 0 Å². The number of carboxylic acids is 1. The summed E-state index contributed by atoms with van der Waals surface area (Å²) >= 11 is 0. The third kappa shape index (κ3) is 2.65. The number of carboxylic acid groups (broad SMARTS) is 1. The highest BCUT2D eigenvalue weighted by Crippen LogP contribution is 2.40.